The van der Waals surface area contributed by atoms with Gasteiger partial charge in [-0.05, 0) is 37.5 Å². The van der Waals surface area contributed by atoms with Crippen LogP contribution in [0, 0.1) is 11.8 Å². The van der Waals surface area contributed by atoms with E-state index in [1.54, 1.807) is 0 Å². The highest BCUT2D eigenvalue weighted by Gasteiger charge is 2.25. The van der Waals surface area contributed by atoms with Gasteiger partial charge in [-0.25, -0.2) is 0 Å². The number of aliphatic hydroxyl groups excluding tert-OH is 1. The average molecular weight is 228 g/mol. The maximum absolute atomic E-state index is 11.5. The molecule has 1 aliphatic rings. The highest BCUT2D eigenvalue weighted by Crippen LogP contribution is 2.29. The van der Waals surface area contributed by atoms with E-state index in [-0.39, 0.29) is 18.6 Å². The molecule has 1 atom stereocenters. The molecule has 0 unspecified atom stereocenters. The van der Waals surface area contributed by atoms with Crippen LogP contribution in [-0.2, 0) is 4.79 Å². The molecule has 1 aliphatic carbocycles. The first-order chi connectivity index (χ1) is 7.54. The quantitative estimate of drug-likeness (QED) is 0.661. The van der Waals surface area contributed by atoms with Crippen molar-refractivity contribution in [2.75, 3.05) is 6.61 Å². The van der Waals surface area contributed by atoms with Crippen LogP contribution in [0.2, 0.25) is 0 Å². The van der Waals surface area contributed by atoms with Gasteiger partial charge in [-0.1, -0.05) is 13.8 Å². The lowest BCUT2D eigenvalue weighted by atomic mass is 9.79. The minimum atomic E-state index is -0.775. The van der Waals surface area contributed by atoms with Crippen molar-refractivity contribution in [1.82, 2.24) is 5.32 Å². The van der Waals surface area contributed by atoms with Gasteiger partial charge in [-0.2, -0.15) is 0 Å². The molecular formula is C12H24N2O2. The lowest BCUT2D eigenvalue weighted by Crippen LogP contribution is -2.48. The van der Waals surface area contributed by atoms with E-state index in [1.165, 1.54) is 12.8 Å². The number of rotatable bonds is 4. The van der Waals surface area contributed by atoms with Crippen molar-refractivity contribution in [3.63, 3.8) is 0 Å². The second kappa shape index (κ2) is 6.21. The van der Waals surface area contributed by atoms with E-state index < -0.39 is 6.04 Å². The Morgan fingerprint density at radius 1 is 1.38 bits per heavy atom. The minimum absolute atomic E-state index is 0.226. The maximum atomic E-state index is 11.5. The van der Waals surface area contributed by atoms with Crippen molar-refractivity contribution in [2.24, 2.45) is 17.6 Å². The molecule has 0 radical (unpaired) electrons. The summed E-state index contributed by atoms with van der Waals surface area (Å²) < 4.78 is 0. The third kappa shape index (κ3) is 3.76. The Kier molecular flexibility index (Phi) is 5.22. The molecule has 0 aromatic rings. The van der Waals surface area contributed by atoms with Crippen LogP contribution in [0.1, 0.15) is 39.5 Å². The maximum Gasteiger partial charge on any atom is 0.239 e. The summed E-state index contributed by atoms with van der Waals surface area (Å²) in [6.07, 6.45) is 4.42. The molecule has 1 fully saturated rings. The summed E-state index contributed by atoms with van der Waals surface area (Å²) in [5, 5.41) is 11.7. The lowest BCUT2D eigenvalue weighted by Gasteiger charge is -2.31. The molecule has 4 heteroatoms. The van der Waals surface area contributed by atoms with E-state index in [4.69, 9.17) is 10.8 Å². The molecular weight excluding hydrogens is 204 g/mol. The lowest BCUT2D eigenvalue weighted by molar-refractivity contribution is -0.124. The van der Waals surface area contributed by atoms with Gasteiger partial charge in [-0.15, -0.1) is 0 Å². The molecule has 94 valence electrons. The van der Waals surface area contributed by atoms with Crippen LogP contribution in [0.3, 0.4) is 0 Å². The summed E-state index contributed by atoms with van der Waals surface area (Å²) in [6.45, 7) is 4.23. The van der Waals surface area contributed by atoms with Crippen LogP contribution in [0.25, 0.3) is 0 Å². The fourth-order valence-corrected chi connectivity index (χ4v) is 2.32. The second-order valence-electron chi connectivity index (χ2n) is 5.15. The smallest absolute Gasteiger partial charge is 0.239 e. The highest BCUT2D eigenvalue weighted by atomic mass is 16.3. The van der Waals surface area contributed by atoms with Gasteiger partial charge >= 0.3 is 0 Å². The summed E-state index contributed by atoms with van der Waals surface area (Å²) in [5.74, 6) is 1.30. The molecule has 0 aliphatic heterocycles. The Bertz CT molecular complexity index is 223. The predicted molar refractivity (Wildman–Crippen MR) is 63.8 cm³/mol. The number of nitrogens with two attached hydrogens (primary N) is 1. The van der Waals surface area contributed by atoms with E-state index >= 15 is 0 Å². The first-order valence-electron chi connectivity index (χ1n) is 6.21. The standard InChI is InChI=1S/C12H24N2O2/c1-8(2)9-3-5-10(6-4-9)14-12(16)11(13)7-15/h8-11,15H,3-7,13H2,1-2H3,(H,14,16)/t9?,10?,11-/m0/s1. The molecule has 16 heavy (non-hydrogen) atoms. The Morgan fingerprint density at radius 3 is 2.38 bits per heavy atom. The van der Waals surface area contributed by atoms with E-state index in [2.05, 4.69) is 19.2 Å². The third-order valence-electron chi connectivity index (χ3n) is 3.59. The summed E-state index contributed by atoms with van der Waals surface area (Å²) >= 11 is 0. The summed E-state index contributed by atoms with van der Waals surface area (Å²) in [6, 6.07) is -0.525. The second-order valence-corrected chi connectivity index (χ2v) is 5.15. The van der Waals surface area contributed by atoms with Crippen molar-refractivity contribution in [3.8, 4) is 0 Å². The topological polar surface area (TPSA) is 75.4 Å². The summed E-state index contributed by atoms with van der Waals surface area (Å²) in [7, 11) is 0. The van der Waals surface area contributed by atoms with Gasteiger partial charge in [-0.3, -0.25) is 4.79 Å². The van der Waals surface area contributed by atoms with Crippen LogP contribution in [-0.4, -0.2) is 29.7 Å². The highest BCUT2D eigenvalue weighted by molar-refractivity contribution is 5.81. The van der Waals surface area contributed by atoms with Gasteiger partial charge in [0.05, 0.1) is 6.61 Å². The van der Waals surface area contributed by atoms with E-state index in [1.807, 2.05) is 0 Å². The average Bonchev–Trinajstić information content (AvgIpc) is 2.28. The largest absolute Gasteiger partial charge is 0.394 e. The number of nitrogens with one attached hydrogen (secondary N) is 1. The normalized spacial score (nSPS) is 27.8. The van der Waals surface area contributed by atoms with Gasteiger partial charge in [0, 0.05) is 6.04 Å². The fourth-order valence-electron chi connectivity index (χ4n) is 2.32. The SMILES string of the molecule is CC(C)C1CCC(NC(=O)[C@@H](N)CO)CC1. The van der Waals surface area contributed by atoms with Crippen LogP contribution >= 0.6 is 0 Å². The molecule has 0 heterocycles. The molecule has 0 aromatic carbocycles. The molecule has 0 spiro atoms. The minimum Gasteiger partial charge on any atom is -0.394 e. The van der Waals surface area contributed by atoms with E-state index in [0.29, 0.717) is 0 Å². The van der Waals surface area contributed by atoms with Gasteiger partial charge in [0.2, 0.25) is 5.91 Å². The number of amides is 1. The molecule has 0 saturated heterocycles. The fraction of sp³-hybridized carbons (Fsp3) is 0.917. The molecule has 1 rings (SSSR count). The van der Waals surface area contributed by atoms with Crippen LogP contribution in [0.5, 0.6) is 0 Å². The molecule has 4 N–H and O–H groups in total. The van der Waals surface area contributed by atoms with Crippen molar-refractivity contribution >= 4 is 5.91 Å². The van der Waals surface area contributed by atoms with Gasteiger partial charge in [0.25, 0.3) is 0 Å². The molecule has 4 nitrogen and oxygen atoms in total. The Hall–Kier alpha value is -0.610. The van der Waals surface area contributed by atoms with Crippen molar-refractivity contribution in [1.29, 1.82) is 0 Å². The Labute approximate surface area is 97.6 Å². The molecule has 0 bridgehead atoms. The summed E-state index contributed by atoms with van der Waals surface area (Å²) in [5.41, 5.74) is 5.45. The first kappa shape index (κ1) is 13.5. The van der Waals surface area contributed by atoms with Crippen LogP contribution < -0.4 is 11.1 Å². The monoisotopic (exact) mass is 228 g/mol. The molecule has 1 amide bonds. The van der Waals surface area contributed by atoms with Crippen LogP contribution in [0.4, 0.5) is 0 Å². The Morgan fingerprint density at radius 2 is 1.94 bits per heavy atom. The summed E-state index contributed by atoms with van der Waals surface area (Å²) in [4.78, 5) is 11.5. The number of carbonyl (C=O) groups is 1. The van der Waals surface area contributed by atoms with Gasteiger partial charge in [0.15, 0.2) is 0 Å². The van der Waals surface area contributed by atoms with E-state index in [0.717, 1.165) is 24.7 Å². The number of aliphatic hydroxyl groups is 1. The number of carbonyl (C=O) groups excluding carboxylic acids is 1. The number of hydrogen-bond donors (Lipinski definition) is 3. The zero-order valence-electron chi connectivity index (χ0n) is 10.3. The van der Waals surface area contributed by atoms with Gasteiger partial charge in [0.1, 0.15) is 6.04 Å². The van der Waals surface area contributed by atoms with E-state index in [9.17, 15) is 4.79 Å². The van der Waals surface area contributed by atoms with Crippen LogP contribution in [0.15, 0.2) is 0 Å². The Balaban J connectivity index is 2.29. The zero-order chi connectivity index (χ0) is 12.1. The van der Waals surface area contributed by atoms with Gasteiger partial charge < -0.3 is 16.2 Å². The third-order valence-corrected chi connectivity index (χ3v) is 3.59. The van der Waals surface area contributed by atoms with Crippen molar-refractivity contribution < 1.29 is 9.90 Å². The van der Waals surface area contributed by atoms with Crippen molar-refractivity contribution in [3.05, 3.63) is 0 Å². The zero-order valence-corrected chi connectivity index (χ0v) is 10.3. The number of hydrogen-bond acceptors (Lipinski definition) is 3. The molecule has 1 saturated carbocycles. The molecule has 0 aromatic heterocycles. The van der Waals surface area contributed by atoms with Crippen molar-refractivity contribution in [2.45, 2.75) is 51.6 Å². The first-order valence-corrected chi connectivity index (χ1v) is 6.21. The predicted octanol–water partition coefficient (Wildman–Crippen LogP) is 0.637.